The van der Waals surface area contributed by atoms with E-state index in [1.807, 2.05) is 13.8 Å². The number of hydrogen-bond donors (Lipinski definition) is 3. The molecule has 0 saturated carbocycles. The molecule has 1 unspecified atom stereocenters. The van der Waals surface area contributed by atoms with Crippen molar-refractivity contribution in [1.82, 2.24) is 10.3 Å². The molecule has 6 nitrogen and oxygen atoms in total. The van der Waals surface area contributed by atoms with Crippen molar-refractivity contribution in [3.05, 3.63) is 24.0 Å². The van der Waals surface area contributed by atoms with Crippen LogP contribution in [0.1, 0.15) is 24.3 Å². The molecule has 3 N–H and O–H groups in total. The lowest BCUT2D eigenvalue weighted by atomic mass is 10.1. The van der Waals surface area contributed by atoms with Crippen LogP contribution in [-0.2, 0) is 0 Å². The maximum Gasteiger partial charge on any atom is 0.356 e. The first-order valence-corrected chi connectivity index (χ1v) is 5.67. The van der Waals surface area contributed by atoms with Gasteiger partial charge in [0, 0.05) is 6.20 Å². The van der Waals surface area contributed by atoms with Gasteiger partial charge in [0.1, 0.15) is 0 Å². The van der Waals surface area contributed by atoms with E-state index < -0.39 is 18.0 Å². The molecule has 0 spiro atoms. The van der Waals surface area contributed by atoms with Gasteiger partial charge in [-0.05, 0) is 18.1 Å². The van der Waals surface area contributed by atoms with Crippen molar-refractivity contribution in [3.8, 4) is 12.3 Å². The third-order valence-corrected chi connectivity index (χ3v) is 2.39. The topological polar surface area (TPSA) is 91.3 Å². The van der Waals surface area contributed by atoms with Crippen LogP contribution in [-0.4, -0.2) is 28.1 Å². The number of nitrogens with zero attached hydrogens (tertiary/aromatic N) is 1. The second kappa shape index (κ2) is 6.40. The number of anilines is 1. The molecule has 0 fully saturated rings. The van der Waals surface area contributed by atoms with E-state index >= 15 is 0 Å². The quantitative estimate of drug-likeness (QED) is 0.717. The first-order chi connectivity index (χ1) is 8.95. The summed E-state index contributed by atoms with van der Waals surface area (Å²) in [5.74, 6) is 1.31. The van der Waals surface area contributed by atoms with E-state index in [9.17, 15) is 9.59 Å². The second-order valence-corrected chi connectivity index (χ2v) is 4.19. The first-order valence-electron chi connectivity index (χ1n) is 5.67. The molecule has 0 aliphatic rings. The van der Waals surface area contributed by atoms with Gasteiger partial charge in [0.15, 0.2) is 5.69 Å². The minimum atomic E-state index is -1.21. The van der Waals surface area contributed by atoms with Gasteiger partial charge in [-0.3, -0.25) is 0 Å². The maximum atomic E-state index is 11.7. The molecule has 0 radical (unpaired) electrons. The molecule has 100 valence electrons. The summed E-state index contributed by atoms with van der Waals surface area (Å²) in [6.07, 6.45) is 6.63. The monoisotopic (exact) mass is 261 g/mol. The number of hydrogen-bond acceptors (Lipinski definition) is 3. The number of carboxylic acids is 1. The zero-order valence-corrected chi connectivity index (χ0v) is 10.7. The van der Waals surface area contributed by atoms with Crippen molar-refractivity contribution in [2.24, 2.45) is 5.92 Å². The molecule has 0 aromatic carbocycles. The standard InChI is InChI=1S/C13H15N3O3/c1-4-9(8(2)3)15-13(19)16-10-6-5-7-14-11(10)12(17)18/h1,5-9H,2-3H3,(H,17,18)(H2,15,16,19). The van der Waals surface area contributed by atoms with E-state index in [1.165, 1.54) is 18.3 Å². The Bertz CT molecular complexity index is 520. The lowest BCUT2D eigenvalue weighted by molar-refractivity contribution is 0.0692. The predicted molar refractivity (Wildman–Crippen MR) is 70.8 cm³/mol. The first kappa shape index (κ1) is 14.5. The number of rotatable bonds is 4. The van der Waals surface area contributed by atoms with Crippen LogP contribution in [0.25, 0.3) is 0 Å². The number of carbonyl (C=O) groups excluding carboxylic acids is 1. The van der Waals surface area contributed by atoms with Crippen LogP contribution >= 0.6 is 0 Å². The summed E-state index contributed by atoms with van der Waals surface area (Å²) in [5, 5.41) is 13.9. The Morgan fingerprint density at radius 1 is 1.47 bits per heavy atom. The van der Waals surface area contributed by atoms with Crippen LogP contribution in [0, 0.1) is 18.3 Å². The van der Waals surface area contributed by atoms with E-state index in [4.69, 9.17) is 11.5 Å². The minimum absolute atomic E-state index is 0.0728. The molecular formula is C13H15N3O3. The zero-order valence-electron chi connectivity index (χ0n) is 10.7. The highest BCUT2D eigenvalue weighted by Gasteiger charge is 2.16. The summed E-state index contributed by atoms with van der Waals surface area (Å²) in [7, 11) is 0. The molecule has 1 rings (SSSR count). The molecule has 6 heteroatoms. The maximum absolute atomic E-state index is 11.7. The number of carboxylic acid groups (broad SMARTS) is 1. The van der Waals surface area contributed by atoms with Crippen LogP contribution in [0.5, 0.6) is 0 Å². The van der Waals surface area contributed by atoms with E-state index in [-0.39, 0.29) is 17.3 Å². The van der Waals surface area contributed by atoms with E-state index in [1.54, 1.807) is 0 Å². The lowest BCUT2D eigenvalue weighted by Crippen LogP contribution is -2.40. The number of pyridine rings is 1. The van der Waals surface area contributed by atoms with Crippen LogP contribution in [0.15, 0.2) is 18.3 Å². The van der Waals surface area contributed by atoms with Gasteiger partial charge in [0.2, 0.25) is 0 Å². The van der Waals surface area contributed by atoms with Gasteiger partial charge >= 0.3 is 12.0 Å². The number of nitrogens with one attached hydrogen (secondary N) is 2. The molecule has 1 aromatic heterocycles. The zero-order chi connectivity index (χ0) is 14.4. The average molecular weight is 261 g/mol. The van der Waals surface area contributed by atoms with Crippen LogP contribution in [0.4, 0.5) is 10.5 Å². The number of carbonyl (C=O) groups is 2. The molecule has 1 heterocycles. The summed E-state index contributed by atoms with van der Waals surface area (Å²) in [5.41, 5.74) is -0.105. The van der Waals surface area contributed by atoms with Crippen LogP contribution in [0.2, 0.25) is 0 Å². The fourth-order valence-corrected chi connectivity index (χ4v) is 1.38. The Morgan fingerprint density at radius 2 is 2.16 bits per heavy atom. The van der Waals surface area contributed by atoms with Crippen molar-refractivity contribution in [2.75, 3.05) is 5.32 Å². The van der Waals surface area contributed by atoms with E-state index in [0.717, 1.165) is 0 Å². The summed E-state index contributed by atoms with van der Waals surface area (Å²) in [6, 6.07) is 2.00. The van der Waals surface area contributed by atoms with E-state index in [0.29, 0.717) is 0 Å². The Labute approximate surface area is 111 Å². The van der Waals surface area contributed by atoms with Crippen molar-refractivity contribution in [2.45, 2.75) is 19.9 Å². The Kier molecular flexibility index (Phi) is 4.89. The Balaban J connectivity index is 2.78. The molecule has 2 amide bonds. The van der Waals surface area contributed by atoms with Gasteiger partial charge in [-0.1, -0.05) is 19.8 Å². The Morgan fingerprint density at radius 3 is 2.68 bits per heavy atom. The van der Waals surface area contributed by atoms with Crippen LogP contribution in [0.3, 0.4) is 0 Å². The van der Waals surface area contributed by atoms with Gasteiger partial charge in [0.05, 0.1) is 11.7 Å². The van der Waals surface area contributed by atoms with E-state index in [2.05, 4.69) is 21.5 Å². The normalized spacial score (nSPS) is 11.5. The van der Waals surface area contributed by atoms with Crippen molar-refractivity contribution < 1.29 is 14.7 Å². The number of aromatic nitrogens is 1. The highest BCUT2D eigenvalue weighted by molar-refractivity contribution is 5.98. The third kappa shape index (κ3) is 4.00. The minimum Gasteiger partial charge on any atom is -0.476 e. The summed E-state index contributed by atoms with van der Waals surface area (Å²) >= 11 is 0. The SMILES string of the molecule is C#CC(NC(=O)Nc1cccnc1C(=O)O)C(C)C. The summed E-state index contributed by atoms with van der Waals surface area (Å²) in [4.78, 5) is 26.3. The summed E-state index contributed by atoms with van der Waals surface area (Å²) in [6.45, 7) is 3.75. The smallest absolute Gasteiger partial charge is 0.356 e. The lowest BCUT2D eigenvalue weighted by Gasteiger charge is -2.17. The van der Waals surface area contributed by atoms with Gasteiger partial charge in [-0.15, -0.1) is 6.42 Å². The molecule has 0 aliphatic carbocycles. The molecule has 1 atom stereocenters. The van der Waals surface area contributed by atoms with Gasteiger partial charge in [-0.2, -0.15) is 0 Å². The number of aromatic carboxylic acids is 1. The molecule has 0 aliphatic heterocycles. The molecule has 0 bridgehead atoms. The summed E-state index contributed by atoms with van der Waals surface area (Å²) < 4.78 is 0. The van der Waals surface area contributed by atoms with Gasteiger partial charge in [0.25, 0.3) is 0 Å². The number of terminal acetylenes is 1. The third-order valence-electron chi connectivity index (χ3n) is 2.39. The van der Waals surface area contributed by atoms with Crippen molar-refractivity contribution in [3.63, 3.8) is 0 Å². The Hall–Kier alpha value is -2.55. The van der Waals surface area contributed by atoms with Crippen molar-refractivity contribution >= 4 is 17.7 Å². The molecule has 1 aromatic rings. The number of amides is 2. The number of urea groups is 1. The van der Waals surface area contributed by atoms with Crippen LogP contribution < -0.4 is 10.6 Å². The van der Waals surface area contributed by atoms with Gasteiger partial charge in [-0.25, -0.2) is 14.6 Å². The molecular weight excluding hydrogens is 246 g/mol. The average Bonchev–Trinajstić information content (AvgIpc) is 2.35. The fourth-order valence-electron chi connectivity index (χ4n) is 1.38. The van der Waals surface area contributed by atoms with Gasteiger partial charge < -0.3 is 15.7 Å². The molecule has 19 heavy (non-hydrogen) atoms. The van der Waals surface area contributed by atoms with Crippen molar-refractivity contribution in [1.29, 1.82) is 0 Å². The predicted octanol–water partition coefficient (Wildman–Crippen LogP) is 1.56. The largest absolute Gasteiger partial charge is 0.476 e. The second-order valence-electron chi connectivity index (χ2n) is 4.19. The fraction of sp³-hybridized carbons (Fsp3) is 0.308. The highest BCUT2D eigenvalue weighted by atomic mass is 16.4. The molecule has 0 saturated heterocycles. The highest BCUT2D eigenvalue weighted by Crippen LogP contribution is 2.12.